The Morgan fingerprint density at radius 2 is 2.50 bits per heavy atom. The normalized spacial score (nSPS) is 15.8. The van der Waals surface area contributed by atoms with Crippen LogP contribution in [0.2, 0.25) is 0 Å². The van der Waals surface area contributed by atoms with Gasteiger partial charge in [-0.3, -0.25) is 4.79 Å². The summed E-state index contributed by atoms with van der Waals surface area (Å²) >= 11 is 0. The zero-order valence-corrected chi connectivity index (χ0v) is 9.57. The largest absolute Gasteiger partial charge is 0.356 e. The Kier molecular flexibility index (Phi) is 3.56. The van der Waals surface area contributed by atoms with Crippen LogP contribution in [0.3, 0.4) is 0 Å². The van der Waals surface area contributed by atoms with Gasteiger partial charge in [0.05, 0.1) is 5.92 Å². The first-order valence-corrected chi connectivity index (χ1v) is 5.73. The average molecular weight is 222 g/mol. The van der Waals surface area contributed by atoms with E-state index in [0.29, 0.717) is 0 Å². The van der Waals surface area contributed by atoms with Gasteiger partial charge in [-0.05, 0) is 13.3 Å². The molecule has 1 aliphatic heterocycles. The van der Waals surface area contributed by atoms with Gasteiger partial charge in [-0.2, -0.15) is 0 Å². The highest BCUT2D eigenvalue weighted by Gasteiger charge is 2.23. The molecule has 1 saturated heterocycles. The van der Waals surface area contributed by atoms with Crippen LogP contribution >= 0.6 is 0 Å². The second kappa shape index (κ2) is 5.12. The third-order valence-electron chi connectivity index (χ3n) is 2.95. The van der Waals surface area contributed by atoms with E-state index >= 15 is 0 Å². The number of hydrogen-bond acceptors (Lipinski definition) is 3. The van der Waals surface area contributed by atoms with E-state index < -0.39 is 0 Å². The Balaban J connectivity index is 1.61. The number of nitrogens with one attached hydrogen (secondary N) is 2. The fourth-order valence-corrected chi connectivity index (χ4v) is 1.72. The molecule has 0 aliphatic carbocycles. The van der Waals surface area contributed by atoms with E-state index in [4.69, 9.17) is 0 Å². The molecule has 1 aromatic heterocycles. The van der Waals surface area contributed by atoms with Gasteiger partial charge >= 0.3 is 0 Å². The molecule has 2 N–H and O–H groups in total. The third-order valence-corrected chi connectivity index (χ3v) is 2.95. The number of carbonyl (C=O) groups excluding carboxylic acids is 1. The topological polar surface area (TPSA) is 59.0 Å². The van der Waals surface area contributed by atoms with Crippen molar-refractivity contribution in [2.45, 2.75) is 19.9 Å². The predicted molar refractivity (Wildman–Crippen MR) is 61.0 cm³/mol. The maximum absolute atomic E-state index is 11.5. The number of nitrogens with zero attached hydrogens (tertiary/aromatic N) is 2. The highest BCUT2D eigenvalue weighted by atomic mass is 16.2. The molecule has 5 heteroatoms. The second-order valence-corrected chi connectivity index (χ2v) is 4.17. The van der Waals surface area contributed by atoms with Crippen LogP contribution < -0.4 is 10.6 Å². The Morgan fingerprint density at radius 1 is 1.69 bits per heavy atom. The molecule has 0 radical (unpaired) electrons. The molecule has 0 spiro atoms. The van der Waals surface area contributed by atoms with Gasteiger partial charge < -0.3 is 15.2 Å². The van der Waals surface area contributed by atoms with Crippen LogP contribution in [-0.4, -0.2) is 35.1 Å². The molecule has 1 amide bonds. The van der Waals surface area contributed by atoms with Crippen molar-refractivity contribution in [3.05, 3.63) is 18.2 Å². The SMILES string of the molecule is Cc1nccn1CCCNC(=O)C1CNC1. The third kappa shape index (κ3) is 2.61. The van der Waals surface area contributed by atoms with E-state index in [-0.39, 0.29) is 11.8 Å². The number of imidazole rings is 1. The summed E-state index contributed by atoms with van der Waals surface area (Å²) in [6, 6.07) is 0. The minimum atomic E-state index is 0.182. The summed E-state index contributed by atoms with van der Waals surface area (Å²) in [7, 11) is 0. The Labute approximate surface area is 95.2 Å². The lowest BCUT2D eigenvalue weighted by Gasteiger charge is -2.25. The minimum absolute atomic E-state index is 0.182. The first-order valence-electron chi connectivity index (χ1n) is 5.73. The van der Waals surface area contributed by atoms with E-state index in [9.17, 15) is 4.79 Å². The van der Waals surface area contributed by atoms with Gasteiger partial charge in [0.1, 0.15) is 5.82 Å². The van der Waals surface area contributed by atoms with Gasteiger partial charge in [-0.25, -0.2) is 4.98 Å². The first-order chi connectivity index (χ1) is 7.77. The summed E-state index contributed by atoms with van der Waals surface area (Å²) in [4.78, 5) is 15.6. The number of hydrogen-bond donors (Lipinski definition) is 2. The van der Waals surface area contributed by atoms with Gasteiger partial charge in [0, 0.05) is 38.6 Å². The smallest absolute Gasteiger partial charge is 0.225 e. The molecular weight excluding hydrogens is 204 g/mol. The molecular formula is C11H18N4O. The maximum atomic E-state index is 11.5. The number of aromatic nitrogens is 2. The molecule has 0 unspecified atom stereocenters. The minimum Gasteiger partial charge on any atom is -0.356 e. The molecule has 2 heterocycles. The summed E-state index contributed by atoms with van der Waals surface area (Å²) in [5.74, 6) is 1.39. The number of carbonyl (C=O) groups is 1. The summed E-state index contributed by atoms with van der Waals surface area (Å²) in [5.41, 5.74) is 0. The molecule has 5 nitrogen and oxygen atoms in total. The zero-order chi connectivity index (χ0) is 11.4. The van der Waals surface area contributed by atoms with Crippen LogP contribution in [0.5, 0.6) is 0 Å². The monoisotopic (exact) mass is 222 g/mol. The summed E-state index contributed by atoms with van der Waals surface area (Å²) < 4.78 is 2.09. The van der Waals surface area contributed by atoms with Crippen LogP contribution in [0.15, 0.2) is 12.4 Å². The molecule has 2 rings (SSSR count). The lowest BCUT2D eigenvalue weighted by atomic mass is 10.0. The molecule has 0 atom stereocenters. The quantitative estimate of drug-likeness (QED) is 0.685. The molecule has 0 aromatic carbocycles. The summed E-state index contributed by atoms with van der Waals surface area (Å²) in [6.45, 7) is 5.29. The van der Waals surface area contributed by atoms with Gasteiger partial charge in [-0.15, -0.1) is 0 Å². The Morgan fingerprint density at radius 3 is 3.06 bits per heavy atom. The van der Waals surface area contributed by atoms with Gasteiger partial charge in [0.2, 0.25) is 5.91 Å². The fraction of sp³-hybridized carbons (Fsp3) is 0.636. The van der Waals surface area contributed by atoms with Crippen molar-refractivity contribution in [3.8, 4) is 0 Å². The van der Waals surface area contributed by atoms with Crippen LogP contribution in [0.4, 0.5) is 0 Å². The van der Waals surface area contributed by atoms with Crippen LogP contribution in [-0.2, 0) is 11.3 Å². The van der Waals surface area contributed by atoms with E-state index in [1.54, 1.807) is 6.20 Å². The molecule has 0 saturated carbocycles. The fourth-order valence-electron chi connectivity index (χ4n) is 1.72. The lowest BCUT2D eigenvalue weighted by Crippen LogP contribution is -2.50. The molecule has 88 valence electrons. The molecule has 0 bridgehead atoms. The summed E-state index contributed by atoms with van der Waals surface area (Å²) in [6.07, 6.45) is 4.71. The van der Waals surface area contributed by atoms with Gasteiger partial charge in [-0.1, -0.05) is 0 Å². The van der Waals surface area contributed by atoms with Crippen molar-refractivity contribution in [2.24, 2.45) is 5.92 Å². The van der Waals surface area contributed by atoms with E-state index in [1.807, 2.05) is 13.1 Å². The predicted octanol–water partition coefficient (Wildman–Crippen LogP) is -0.0828. The standard InChI is InChI=1S/C11H18N4O/c1-9-13-4-6-15(9)5-2-3-14-11(16)10-7-12-8-10/h4,6,10,12H,2-3,5,7-8H2,1H3,(H,14,16). The lowest BCUT2D eigenvalue weighted by molar-refractivity contribution is -0.126. The highest BCUT2D eigenvalue weighted by Crippen LogP contribution is 2.02. The summed E-state index contributed by atoms with van der Waals surface area (Å²) in [5, 5.41) is 6.04. The maximum Gasteiger partial charge on any atom is 0.225 e. The van der Waals surface area contributed by atoms with E-state index in [0.717, 1.165) is 38.4 Å². The van der Waals surface area contributed by atoms with Crippen molar-refractivity contribution < 1.29 is 4.79 Å². The first kappa shape index (κ1) is 11.1. The van der Waals surface area contributed by atoms with Crippen molar-refractivity contribution in [3.63, 3.8) is 0 Å². The van der Waals surface area contributed by atoms with Crippen LogP contribution in [0.1, 0.15) is 12.2 Å². The van der Waals surface area contributed by atoms with E-state index in [1.165, 1.54) is 0 Å². The zero-order valence-electron chi connectivity index (χ0n) is 9.57. The molecule has 1 fully saturated rings. The highest BCUT2D eigenvalue weighted by molar-refractivity contribution is 5.79. The Bertz CT molecular complexity index is 357. The van der Waals surface area contributed by atoms with Crippen molar-refractivity contribution in [1.82, 2.24) is 20.2 Å². The number of rotatable bonds is 5. The average Bonchev–Trinajstić information content (AvgIpc) is 2.56. The van der Waals surface area contributed by atoms with Crippen molar-refractivity contribution >= 4 is 5.91 Å². The number of aryl methyl sites for hydroxylation is 2. The van der Waals surface area contributed by atoms with Crippen LogP contribution in [0.25, 0.3) is 0 Å². The van der Waals surface area contributed by atoms with Crippen molar-refractivity contribution in [1.29, 1.82) is 0 Å². The van der Waals surface area contributed by atoms with Crippen LogP contribution in [0, 0.1) is 12.8 Å². The van der Waals surface area contributed by atoms with Gasteiger partial charge in [0.25, 0.3) is 0 Å². The van der Waals surface area contributed by atoms with Gasteiger partial charge in [0.15, 0.2) is 0 Å². The molecule has 1 aliphatic rings. The molecule has 16 heavy (non-hydrogen) atoms. The number of amides is 1. The van der Waals surface area contributed by atoms with E-state index in [2.05, 4.69) is 20.2 Å². The molecule has 1 aromatic rings. The Hall–Kier alpha value is -1.36. The second-order valence-electron chi connectivity index (χ2n) is 4.17. The van der Waals surface area contributed by atoms with Crippen molar-refractivity contribution in [2.75, 3.05) is 19.6 Å².